The third kappa shape index (κ3) is 2.24. The summed E-state index contributed by atoms with van der Waals surface area (Å²) in [6.45, 7) is 1.51. The van der Waals surface area contributed by atoms with E-state index in [1.54, 1.807) is 17.4 Å². The predicted octanol–water partition coefficient (Wildman–Crippen LogP) is 1.24. The summed E-state index contributed by atoms with van der Waals surface area (Å²) >= 11 is 0. The van der Waals surface area contributed by atoms with Crippen LogP contribution in [0.25, 0.3) is 0 Å². The van der Waals surface area contributed by atoms with E-state index >= 15 is 0 Å². The number of furan rings is 1. The molecule has 1 aromatic heterocycles. The number of hydrogen-bond acceptors (Lipinski definition) is 4. The van der Waals surface area contributed by atoms with E-state index in [9.17, 15) is 4.79 Å². The van der Waals surface area contributed by atoms with Crippen LogP contribution in [0.5, 0.6) is 0 Å². The van der Waals surface area contributed by atoms with Crippen LogP contribution in [0, 0.1) is 11.3 Å². The minimum Gasteiger partial charge on any atom is -0.472 e. The molecule has 0 aromatic carbocycles. The van der Waals surface area contributed by atoms with Gasteiger partial charge in [-0.25, -0.2) is 0 Å². The number of nitriles is 1. The van der Waals surface area contributed by atoms with Crippen molar-refractivity contribution in [1.29, 1.82) is 5.26 Å². The summed E-state index contributed by atoms with van der Waals surface area (Å²) in [6, 6.07) is 3.78. The first kappa shape index (κ1) is 12.2. The normalized spacial score (nSPS) is 30.5. The fraction of sp³-hybridized carbons (Fsp3) is 0.571. The van der Waals surface area contributed by atoms with Gasteiger partial charge in [0.25, 0.3) is 0 Å². The summed E-state index contributed by atoms with van der Waals surface area (Å²) in [5.41, 5.74) is 1.14. The summed E-state index contributed by atoms with van der Waals surface area (Å²) in [5, 5.41) is 12.3. The van der Waals surface area contributed by atoms with E-state index in [4.69, 9.17) is 9.68 Å². The Bertz CT molecular complexity index is 491. The Hall–Kier alpha value is -1.80. The molecule has 1 amide bonds. The van der Waals surface area contributed by atoms with Gasteiger partial charge in [-0.1, -0.05) is 0 Å². The number of likely N-dealkylation sites (tertiary alicyclic amines) is 1. The van der Waals surface area contributed by atoms with Crippen LogP contribution in [0.4, 0.5) is 0 Å². The van der Waals surface area contributed by atoms with Gasteiger partial charge in [-0.2, -0.15) is 5.26 Å². The molecule has 0 bridgehead atoms. The average Bonchev–Trinajstić information content (AvgIpc) is 3.16. The lowest BCUT2D eigenvalue weighted by Crippen LogP contribution is -2.45. The van der Waals surface area contributed by atoms with Crippen molar-refractivity contribution >= 4 is 5.91 Å². The number of nitrogens with zero attached hydrogens (tertiary/aromatic N) is 2. The van der Waals surface area contributed by atoms with Crippen molar-refractivity contribution in [3.63, 3.8) is 0 Å². The van der Waals surface area contributed by atoms with Gasteiger partial charge in [-0.15, -0.1) is 0 Å². The molecule has 2 aliphatic rings. The molecule has 2 fully saturated rings. The maximum atomic E-state index is 12.4. The number of nitrogens with one attached hydrogen (secondary N) is 1. The van der Waals surface area contributed by atoms with Crippen molar-refractivity contribution in [3.8, 4) is 6.07 Å². The van der Waals surface area contributed by atoms with Gasteiger partial charge in [0.2, 0.25) is 5.91 Å². The molecule has 0 aliphatic carbocycles. The lowest BCUT2D eigenvalue weighted by atomic mass is 9.98. The molecule has 2 aliphatic heterocycles. The zero-order valence-corrected chi connectivity index (χ0v) is 10.7. The summed E-state index contributed by atoms with van der Waals surface area (Å²) in [6.07, 6.45) is 5.93. The third-order valence-corrected chi connectivity index (χ3v) is 4.13. The van der Waals surface area contributed by atoms with Crippen molar-refractivity contribution in [2.45, 2.75) is 37.3 Å². The van der Waals surface area contributed by atoms with Gasteiger partial charge in [0.15, 0.2) is 0 Å². The van der Waals surface area contributed by atoms with Crippen LogP contribution in [0.1, 0.15) is 30.7 Å². The Morgan fingerprint density at radius 3 is 3.21 bits per heavy atom. The molecule has 0 radical (unpaired) electrons. The van der Waals surface area contributed by atoms with Crippen LogP contribution in [0.3, 0.4) is 0 Å². The monoisotopic (exact) mass is 259 g/mol. The van der Waals surface area contributed by atoms with E-state index in [1.165, 1.54) is 0 Å². The van der Waals surface area contributed by atoms with Crippen molar-refractivity contribution in [2.24, 2.45) is 0 Å². The molecular formula is C14H17N3O2. The second-order valence-electron chi connectivity index (χ2n) is 5.27. The van der Waals surface area contributed by atoms with E-state index in [2.05, 4.69) is 11.4 Å². The maximum Gasteiger partial charge on any atom is 0.240 e. The van der Waals surface area contributed by atoms with E-state index < -0.39 is 0 Å². The molecule has 100 valence electrons. The molecule has 1 aromatic rings. The third-order valence-electron chi connectivity index (χ3n) is 4.13. The quantitative estimate of drug-likeness (QED) is 0.867. The van der Waals surface area contributed by atoms with Crippen LogP contribution < -0.4 is 5.32 Å². The Labute approximate surface area is 112 Å². The van der Waals surface area contributed by atoms with Gasteiger partial charge < -0.3 is 14.6 Å². The van der Waals surface area contributed by atoms with Gasteiger partial charge in [-0.3, -0.25) is 4.79 Å². The Morgan fingerprint density at radius 1 is 1.58 bits per heavy atom. The lowest BCUT2D eigenvalue weighted by molar-refractivity contribution is -0.133. The highest BCUT2D eigenvalue weighted by atomic mass is 16.3. The first-order valence-corrected chi connectivity index (χ1v) is 6.75. The standard InChI is InChI=1S/C14H17N3O2/c15-7-12-2-1-4-17(12)14(18)13-6-11(8-16-13)10-3-5-19-9-10/h3,5,9,11-13,16H,1-2,4,6,8H2/t11-,12-,13-/m0/s1. The highest BCUT2D eigenvalue weighted by molar-refractivity contribution is 5.83. The molecule has 0 unspecified atom stereocenters. The first-order chi connectivity index (χ1) is 9.29. The highest BCUT2D eigenvalue weighted by Crippen LogP contribution is 2.28. The topological polar surface area (TPSA) is 69.3 Å². The fourth-order valence-corrected chi connectivity index (χ4v) is 3.05. The number of carbonyl (C=O) groups excluding carboxylic acids is 1. The van der Waals surface area contributed by atoms with Crippen LogP contribution in [0.2, 0.25) is 0 Å². The molecule has 19 heavy (non-hydrogen) atoms. The summed E-state index contributed by atoms with van der Waals surface area (Å²) in [7, 11) is 0. The number of carbonyl (C=O) groups is 1. The molecule has 3 heterocycles. The lowest BCUT2D eigenvalue weighted by Gasteiger charge is -2.23. The summed E-state index contributed by atoms with van der Waals surface area (Å²) < 4.78 is 5.09. The van der Waals surface area contributed by atoms with Crippen molar-refractivity contribution in [1.82, 2.24) is 10.2 Å². The van der Waals surface area contributed by atoms with E-state index in [0.717, 1.165) is 31.4 Å². The van der Waals surface area contributed by atoms with E-state index in [1.807, 2.05) is 6.07 Å². The minimum atomic E-state index is -0.234. The van der Waals surface area contributed by atoms with Crippen LogP contribution in [-0.2, 0) is 4.79 Å². The Balaban J connectivity index is 1.65. The Kier molecular flexibility index (Phi) is 3.26. The van der Waals surface area contributed by atoms with Crippen molar-refractivity contribution < 1.29 is 9.21 Å². The predicted molar refractivity (Wildman–Crippen MR) is 68.2 cm³/mol. The largest absolute Gasteiger partial charge is 0.472 e. The first-order valence-electron chi connectivity index (χ1n) is 6.75. The fourth-order valence-electron chi connectivity index (χ4n) is 3.05. The van der Waals surface area contributed by atoms with Crippen LogP contribution >= 0.6 is 0 Å². The molecule has 3 atom stereocenters. The van der Waals surface area contributed by atoms with E-state index in [-0.39, 0.29) is 18.0 Å². The Morgan fingerprint density at radius 2 is 2.47 bits per heavy atom. The van der Waals surface area contributed by atoms with Crippen LogP contribution in [0.15, 0.2) is 23.0 Å². The molecule has 3 rings (SSSR count). The maximum absolute atomic E-state index is 12.4. The van der Waals surface area contributed by atoms with Gasteiger partial charge in [0, 0.05) is 19.0 Å². The van der Waals surface area contributed by atoms with Gasteiger partial charge in [0.1, 0.15) is 6.04 Å². The molecule has 0 spiro atoms. The average molecular weight is 259 g/mol. The van der Waals surface area contributed by atoms with Gasteiger partial charge in [0.05, 0.1) is 24.6 Å². The SMILES string of the molecule is N#C[C@@H]1CCCN1C(=O)[C@@H]1C[C@H](c2ccoc2)CN1. The highest BCUT2D eigenvalue weighted by Gasteiger charge is 2.37. The molecule has 0 saturated carbocycles. The molecule has 2 saturated heterocycles. The molecule has 5 nitrogen and oxygen atoms in total. The number of amides is 1. The molecular weight excluding hydrogens is 242 g/mol. The second-order valence-corrected chi connectivity index (χ2v) is 5.27. The molecule has 1 N–H and O–H groups in total. The zero-order valence-electron chi connectivity index (χ0n) is 10.7. The summed E-state index contributed by atoms with van der Waals surface area (Å²) in [5.74, 6) is 0.408. The van der Waals surface area contributed by atoms with Crippen molar-refractivity contribution in [3.05, 3.63) is 24.2 Å². The second kappa shape index (κ2) is 5.06. The molecule has 5 heteroatoms. The minimum absolute atomic E-state index is 0.0787. The van der Waals surface area contributed by atoms with Crippen LogP contribution in [-0.4, -0.2) is 36.0 Å². The van der Waals surface area contributed by atoms with Crippen molar-refractivity contribution in [2.75, 3.05) is 13.1 Å². The number of rotatable bonds is 2. The van der Waals surface area contributed by atoms with Gasteiger partial charge >= 0.3 is 0 Å². The summed E-state index contributed by atoms with van der Waals surface area (Å²) in [4.78, 5) is 14.2. The van der Waals surface area contributed by atoms with Gasteiger partial charge in [-0.05, 0) is 30.9 Å². The number of hydrogen-bond donors (Lipinski definition) is 1. The smallest absolute Gasteiger partial charge is 0.240 e. The zero-order chi connectivity index (χ0) is 13.2. The van der Waals surface area contributed by atoms with E-state index in [0.29, 0.717) is 12.5 Å².